The smallest absolute Gasteiger partial charge is 0.309 e. The highest BCUT2D eigenvalue weighted by atomic mass is 35.5. The summed E-state index contributed by atoms with van der Waals surface area (Å²) in [5, 5.41) is 21.0. The van der Waals surface area contributed by atoms with E-state index in [-0.39, 0.29) is 51.8 Å². The summed E-state index contributed by atoms with van der Waals surface area (Å²) in [5.41, 5.74) is 0.619. The third-order valence-electron chi connectivity index (χ3n) is 15.5. The van der Waals surface area contributed by atoms with Crippen molar-refractivity contribution in [2.75, 3.05) is 0 Å². The normalized spacial score (nSPS) is 36.9. The Morgan fingerprint density at radius 1 is 0.962 bits per heavy atom. The van der Waals surface area contributed by atoms with Crippen molar-refractivity contribution in [2.45, 2.75) is 138 Å². The summed E-state index contributed by atoms with van der Waals surface area (Å²) < 4.78 is 6.17. The van der Waals surface area contributed by atoms with E-state index in [4.69, 9.17) is 21.4 Å². The van der Waals surface area contributed by atoms with E-state index in [1.54, 1.807) is 26.2 Å². The maximum Gasteiger partial charge on any atom is 0.309 e. The van der Waals surface area contributed by atoms with Gasteiger partial charge in [0, 0.05) is 24.2 Å². The Morgan fingerprint density at radius 2 is 1.65 bits per heavy atom. The molecule has 2 aromatic heterocycles. The van der Waals surface area contributed by atoms with Gasteiger partial charge in [-0.3, -0.25) is 14.4 Å². The van der Waals surface area contributed by atoms with Crippen LogP contribution in [0.4, 0.5) is 0 Å². The van der Waals surface area contributed by atoms with Crippen molar-refractivity contribution in [1.82, 2.24) is 20.2 Å². The quantitative estimate of drug-likeness (QED) is 0.275. The van der Waals surface area contributed by atoms with Gasteiger partial charge in [-0.15, -0.1) is 10.2 Å². The highest BCUT2D eigenvalue weighted by Crippen LogP contribution is 2.77. The number of aromatic nitrogens is 4. The lowest BCUT2D eigenvalue weighted by atomic mass is 9.33. The van der Waals surface area contributed by atoms with E-state index in [2.05, 4.69) is 63.5 Å². The molecule has 4 saturated carbocycles. The van der Waals surface area contributed by atoms with Crippen molar-refractivity contribution in [3.05, 3.63) is 33.6 Å². The Labute approximate surface area is 317 Å². The molecule has 11 heteroatoms. The Bertz CT molecular complexity index is 1840. The molecule has 5 aliphatic rings. The minimum absolute atomic E-state index is 0.00380. The number of carboxylic acids is 1. The van der Waals surface area contributed by atoms with Crippen molar-refractivity contribution in [2.24, 2.45) is 50.7 Å². The molecule has 8 atom stereocenters. The highest BCUT2D eigenvalue weighted by Gasteiger charge is 2.70. The zero-order valence-electron chi connectivity index (χ0n) is 32.3. The van der Waals surface area contributed by atoms with Crippen LogP contribution in [0.2, 0.25) is 5.02 Å². The van der Waals surface area contributed by atoms with E-state index >= 15 is 0 Å². The molecule has 0 bridgehead atoms. The first-order chi connectivity index (χ1) is 24.2. The fraction of sp³-hybridized carbons (Fsp3) is 0.732. The van der Waals surface area contributed by atoms with Crippen LogP contribution in [-0.4, -0.2) is 49.1 Å². The number of carbonyl (C=O) groups excluding carboxylic acids is 2. The summed E-state index contributed by atoms with van der Waals surface area (Å²) in [6.07, 6.45) is 11.1. The highest BCUT2D eigenvalue weighted by molar-refractivity contribution is 7.14. The molecule has 0 aromatic carbocycles. The second-order valence-corrected chi connectivity index (χ2v) is 20.5. The SMILES string of the molecule is CC(C)C1=C2C3CC[C@@H]4C5(C)CC[C@H](OC(=O)CC(C)(C)C(=O)O)C(C)(C)[C@@H]5CCC4(C)[C@]3(C)CC[C@@]2(c2nnc(-c3ncc(Cl)cn3)s2)CC1=O. The number of Topliss-reactive ketones (excluding diaryl/α,β-unsaturated/α-hetero) is 1. The fourth-order valence-corrected chi connectivity index (χ4v) is 13.8. The largest absolute Gasteiger partial charge is 0.481 e. The molecule has 9 nitrogen and oxygen atoms in total. The second kappa shape index (κ2) is 12.4. The van der Waals surface area contributed by atoms with Gasteiger partial charge < -0.3 is 9.84 Å². The predicted molar refractivity (Wildman–Crippen MR) is 201 cm³/mol. The van der Waals surface area contributed by atoms with Crippen molar-refractivity contribution < 1.29 is 24.2 Å². The molecule has 282 valence electrons. The van der Waals surface area contributed by atoms with Gasteiger partial charge in [-0.25, -0.2) is 9.97 Å². The number of esters is 1. The lowest BCUT2D eigenvalue weighted by Gasteiger charge is -2.72. The zero-order chi connectivity index (χ0) is 37.8. The van der Waals surface area contributed by atoms with Crippen LogP contribution < -0.4 is 0 Å². The van der Waals surface area contributed by atoms with E-state index in [1.807, 2.05) is 0 Å². The number of nitrogens with zero attached hydrogens (tertiary/aromatic N) is 4. The number of ether oxygens (including phenoxy) is 1. The minimum Gasteiger partial charge on any atom is -0.481 e. The Hall–Kier alpha value is -2.72. The summed E-state index contributed by atoms with van der Waals surface area (Å²) in [6.45, 7) is 19.7. The monoisotopic (exact) mass is 750 g/mol. The van der Waals surface area contributed by atoms with Gasteiger partial charge in [-0.1, -0.05) is 71.4 Å². The third kappa shape index (κ3) is 5.37. The first kappa shape index (κ1) is 37.6. The van der Waals surface area contributed by atoms with Gasteiger partial charge in [0.15, 0.2) is 16.6 Å². The number of rotatable bonds is 7. The number of hydrogen-bond acceptors (Lipinski definition) is 9. The molecule has 2 heterocycles. The Kier molecular flexibility index (Phi) is 8.97. The third-order valence-corrected chi connectivity index (χ3v) is 16.8. The van der Waals surface area contributed by atoms with Crippen molar-refractivity contribution >= 4 is 40.7 Å². The molecule has 4 fully saturated rings. The first-order valence-corrected chi connectivity index (χ1v) is 20.4. The van der Waals surface area contributed by atoms with Gasteiger partial charge in [0.25, 0.3) is 0 Å². The molecule has 0 aliphatic heterocycles. The molecule has 0 spiro atoms. The lowest BCUT2D eigenvalue weighted by Crippen LogP contribution is -2.66. The summed E-state index contributed by atoms with van der Waals surface area (Å²) in [5.74, 6) is 0.604. The van der Waals surface area contributed by atoms with Gasteiger partial charge in [0.2, 0.25) is 0 Å². The van der Waals surface area contributed by atoms with Crippen LogP contribution in [-0.2, 0) is 24.5 Å². The van der Waals surface area contributed by atoms with Crippen LogP contribution in [0.15, 0.2) is 23.5 Å². The summed E-state index contributed by atoms with van der Waals surface area (Å²) in [6, 6.07) is 0. The topological polar surface area (TPSA) is 132 Å². The fourth-order valence-electron chi connectivity index (χ4n) is 12.6. The van der Waals surface area contributed by atoms with Crippen molar-refractivity contribution in [3.63, 3.8) is 0 Å². The molecule has 52 heavy (non-hydrogen) atoms. The maximum absolute atomic E-state index is 14.1. The predicted octanol–water partition coefficient (Wildman–Crippen LogP) is 9.29. The number of hydrogen-bond donors (Lipinski definition) is 1. The lowest BCUT2D eigenvalue weighted by molar-refractivity contribution is -0.232. The first-order valence-electron chi connectivity index (χ1n) is 19.2. The minimum atomic E-state index is -1.17. The molecule has 0 radical (unpaired) electrons. The van der Waals surface area contributed by atoms with Gasteiger partial charge in [-0.05, 0) is 116 Å². The standard InChI is InChI=1S/C41H55ClN4O5S/c1-22(2)30-25(47)18-41(34-46-45-33(52-34)32-43-20-23(42)21-44-32)17-16-39(8)24(31(30)41)10-11-27-38(7)14-13-28(51-29(48)19-36(3,4)35(49)50)37(5,6)26(38)12-15-40(27,39)9/h20-22,24,26-28H,10-19H2,1-9H3,(H,49,50)/t24?,26-,27+,28-,38?,39+,40?,41+/m0/s1. The van der Waals surface area contributed by atoms with E-state index in [0.29, 0.717) is 34.1 Å². The van der Waals surface area contributed by atoms with Gasteiger partial charge in [0.05, 0.1) is 22.3 Å². The number of carbonyl (C=O) groups is 3. The van der Waals surface area contributed by atoms with Crippen LogP contribution in [0, 0.1) is 50.7 Å². The van der Waals surface area contributed by atoms with Crippen LogP contribution in [0.3, 0.4) is 0 Å². The van der Waals surface area contributed by atoms with Gasteiger partial charge in [0.1, 0.15) is 11.1 Å². The Balaban J connectivity index is 1.20. The second-order valence-electron chi connectivity index (χ2n) is 19.1. The number of fused-ring (bicyclic) bond motifs is 7. The molecular weight excluding hydrogens is 696 g/mol. The maximum atomic E-state index is 14.1. The number of aliphatic carboxylic acids is 1. The number of ketones is 1. The average Bonchev–Trinajstić information content (AvgIpc) is 3.66. The number of halogens is 1. The number of allylic oxidation sites excluding steroid dienone is 2. The molecule has 1 N–H and O–H groups in total. The molecular formula is C41H55ClN4O5S. The van der Waals surface area contributed by atoms with Crippen LogP contribution in [0.5, 0.6) is 0 Å². The van der Waals surface area contributed by atoms with Crippen molar-refractivity contribution in [3.8, 4) is 10.8 Å². The molecule has 3 unspecified atom stereocenters. The Morgan fingerprint density at radius 3 is 2.31 bits per heavy atom. The van der Waals surface area contributed by atoms with Gasteiger partial charge in [-0.2, -0.15) is 0 Å². The molecule has 5 aliphatic carbocycles. The van der Waals surface area contributed by atoms with Gasteiger partial charge >= 0.3 is 11.9 Å². The molecule has 2 aromatic rings. The van der Waals surface area contributed by atoms with E-state index < -0.39 is 22.8 Å². The summed E-state index contributed by atoms with van der Waals surface area (Å²) in [7, 11) is 0. The van der Waals surface area contributed by atoms with E-state index in [1.165, 1.54) is 16.9 Å². The molecule has 0 amide bonds. The zero-order valence-corrected chi connectivity index (χ0v) is 33.8. The van der Waals surface area contributed by atoms with Crippen LogP contribution in [0.25, 0.3) is 10.8 Å². The van der Waals surface area contributed by atoms with Crippen LogP contribution >= 0.6 is 22.9 Å². The summed E-state index contributed by atoms with van der Waals surface area (Å²) in [4.78, 5) is 47.8. The van der Waals surface area contributed by atoms with Crippen molar-refractivity contribution in [1.29, 1.82) is 0 Å². The average molecular weight is 751 g/mol. The number of carboxylic acid groups (broad SMARTS) is 1. The summed E-state index contributed by atoms with van der Waals surface area (Å²) >= 11 is 7.60. The van der Waals surface area contributed by atoms with E-state index in [0.717, 1.165) is 61.9 Å². The molecule has 7 rings (SSSR count). The van der Waals surface area contributed by atoms with E-state index in [9.17, 15) is 19.5 Å². The molecule has 0 saturated heterocycles. The van der Waals surface area contributed by atoms with Crippen LogP contribution in [0.1, 0.15) is 132 Å².